The maximum atomic E-state index is 12.4. The number of aromatic amines is 1. The maximum absolute atomic E-state index is 12.4. The molecule has 9 nitrogen and oxygen atoms in total. The van der Waals surface area contributed by atoms with Gasteiger partial charge in [0.1, 0.15) is 5.56 Å². The monoisotopic (exact) mass is 395 g/mol. The molecule has 0 radical (unpaired) electrons. The zero-order valence-corrected chi connectivity index (χ0v) is 16.3. The number of H-pyrrole nitrogens is 1. The molecule has 0 bridgehead atoms. The molecule has 150 valence electrons. The van der Waals surface area contributed by atoms with Crippen LogP contribution in [0.5, 0.6) is 5.88 Å². The van der Waals surface area contributed by atoms with Crippen molar-refractivity contribution in [3.05, 3.63) is 62.4 Å². The zero-order chi connectivity index (χ0) is 20.9. The summed E-state index contributed by atoms with van der Waals surface area (Å²) < 4.78 is 3.03. The molecule has 3 aromatic rings. The van der Waals surface area contributed by atoms with E-state index < -0.39 is 23.2 Å². The van der Waals surface area contributed by atoms with Crippen molar-refractivity contribution in [2.75, 3.05) is 0 Å². The van der Waals surface area contributed by atoms with E-state index in [0.29, 0.717) is 0 Å². The number of hydrogen-bond acceptors (Lipinski definition) is 5. The molecule has 0 saturated heterocycles. The molecule has 1 amide bonds. The van der Waals surface area contributed by atoms with Gasteiger partial charge in [0, 0.05) is 49.6 Å². The predicted octanol–water partition coefficient (Wildman–Crippen LogP) is 1.45. The first-order chi connectivity index (χ1) is 13.8. The fraction of sp³-hybridized carbons (Fsp3) is 0.300. The quantitative estimate of drug-likeness (QED) is 0.699. The average molecular weight is 395 g/mol. The molecule has 1 aliphatic heterocycles. The van der Waals surface area contributed by atoms with Gasteiger partial charge in [-0.3, -0.25) is 19.1 Å². The van der Waals surface area contributed by atoms with Crippen molar-refractivity contribution in [1.29, 1.82) is 0 Å². The summed E-state index contributed by atoms with van der Waals surface area (Å²) in [5.74, 6) is -0.753. The van der Waals surface area contributed by atoms with Gasteiger partial charge in [-0.2, -0.15) is 5.10 Å². The summed E-state index contributed by atoms with van der Waals surface area (Å²) in [5.41, 5.74) is 0.667. The summed E-state index contributed by atoms with van der Waals surface area (Å²) in [6.07, 6.45) is 2.24. The fourth-order valence-corrected chi connectivity index (χ4v) is 3.87. The largest absolute Gasteiger partial charge is 0.494 e. The second kappa shape index (κ2) is 6.77. The lowest BCUT2D eigenvalue weighted by Crippen LogP contribution is -2.32. The highest BCUT2D eigenvalue weighted by molar-refractivity contribution is 6.04. The molecular formula is C20H21N5O4. The normalized spacial score (nSPS) is 16.4. The standard InChI is InChI=1S/C20H21N5O4/c1-4-24-10-13(12-7-5-6-8-15(12)24)16-9-14(22-25(16)11(2)26)17-18(27)21-20(29)23(3)19(17)28/h5-8,10,16,28H,4,9H2,1-3H3,(H,21,27,29)/t16-/m1/s1. The van der Waals surface area contributed by atoms with Crippen molar-refractivity contribution >= 4 is 22.5 Å². The highest BCUT2D eigenvalue weighted by atomic mass is 16.3. The number of carbonyl (C=O) groups is 1. The second-order valence-corrected chi connectivity index (χ2v) is 7.03. The van der Waals surface area contributed by atoms with Crippen LogP contribution in [-0.4, -0.2) is 35.9 Å². The summed E-state index contributed by atoms with van der Waals surface area (Å²) in [6.45, 7) is 4.21. The van der Waals surface area contributed by atoms with Gasteiger partial charge in [-0.05, 0) is 13.0 Å². The minimum Gasteiger partial charge on any atom is -0.494 e. The van der Waals surface area contributed by atoms with Crippen molar-refractivity contribution in [3.63, 3.8) is 0 Å². The Morgan fingerprint density at radius 3 is 2.72 bits per heavy atom. The minimum absolute atomic E-state index is 0.0971. The molecule has 0 saturated carbocycles. The third kappa shape index (κ3) is 2.86. The number of nitrogens with one attached hydrogen (secondary N) is 1. The first-order valence-electron chi connectivity index (χ1n) is 9.31. The third-order valence-corrected chi connectivity index (χ3v) is 5.33. The van der Waals surface area contributed by atoms with Gasteiger partial charge in [0.05, 0.1) is 11.8 Å². The number of rotatable bonds is 3. The van der Waals surface area contributed by atoms with Crippen LogP contribution in [0.2, 0.25) is 0 Å². The number of benzene rings is 1. The van der Waals surface area contributed by atoms with Crippen LogP contribution in [-0.2, 0) is 18.4 Å². The van der Waals surface area contributed by atoms with Gasteiger partial charge < -0.3 is 9.67 Å². The Kier molecular flexibility index (Phi) is 4.37. The average Bonchev–Trinajstić information content (AvgIpc) is 3.28. The van der Waals surface area contributed by atoms with Crippen LogP contribution in [0.15, 0.2) is 45.2 Å². The zero-order valence-electron chi connectivity index (χ0n) is 16.3. The highest BCUT2D eigenvalue weighted by Crippen LogP contribution is 2.37. The smallest absolute Gasteiger partial charge is 0.330 e. The lowest BCUT2D eigenvalue weighted by atomic mass is 9.98. The van der Waals surface area contributed by atoms with Gasteiger partial charge in [0.25, 0.3) is 5.56 Å². The maximum Gasteiger partial charge on any atom is 0.330 e. The number of para-hydroxylation sites is 1. The van der Waals surface area contributed by atoms with Crippen molar-refractivity contribution in [2.24, 2.45) is 12.1 Å². The molecular weight excluding hydrogens is 374 g/mol. The van der Waals surface area contributed by atoms with Crippen LogP contribution in [0, 0.1) is 0 Å². The predicted molar refractivity (Wildman–Crippen MR) is 108 cm³/mol. The Balaban J connectivity index is 1.86. The van der Waals surface area contributed by atoms with E-state index in [1.807, 2.05) is 37.4 Å². The fourth-order valence-electron chi connectivity index (χ4n) is 3.87. The summed E-state index contributed by atoms with van der Waals surface area (Å²) in [5, 5.41) is 17.1. The molecule has 1 atom stereocenters. The van der Waals surface area contributed by atoms with Crippen LogP contribution < -0.4 is 11.2 Å². The number of aryl methyl sites for hydroxylation is 1. The van der Waals surface area contributed by atoms with Crippen molar-refractivity contribution in [1.82, 2.24) is 19.1 Å². The second-order valence-electron chi connectivity index (χ2n) is 7.03. The Labute approximate surface area is 165 Å². The van der Waals surface area contributed by atoms with Gasteiger partial charge >= 0.3 is 5.69 Å². The number of hydrogen-bond donors (Lipinski definition) is 2. The molecule has 9 heteroatoms. The summed E-state index contributed by atoms with van der Waals surface area (Å²) in [7, 11) is 1.35. The first kappa shape index (κ1) is 18.7. The van der Waals surface area contributed by atoms with E-state index in [9.17, 15) is 19.5 Å². The van der Waals surface area contributed by atoms with E-state index in [1.54, 1.807) is 0 Å². The molecule has 1 aliphatic rings. The number of amides is 1. The molecule has 0 fully saturated rings. The van der Waals surface area contributed by atoms with E-state index >= 15 is 0 Å². The number of aromatic hydroxyl groups is 1. The van der Waals surface area contributed by atoms with Gasteiger partial charge in [-0.15, -0.1) is 0 Å². The number of carbonyl (C=O) groups excluding carboxylic acids is 1. The van der Waals surface area contributed by atoms with Crippen LogP contribution in [0.1, 0.15) is 37.4 Å². The van der Waals surface area contributed by atoms with Gasteiger partial charge in [0.2, 0.25) is 11.8 Å². The lowest BCUT2D eigenvalue weighted by molar-refractivity contribution is -0.130. The van der Waals surface area contributed by atoms with Crippen molar-refractivity contribution in [2.45, 2.75) is 32.9 Å². The molecule has 0 unspecified atom stereocenters. The summed E-state index contributed by atoms with van der Waals surface area (Å²) in [6, 6.07) is 7.48. The molecule has 1 aromatic carbocycles. The number of nitrogens with zero attached hydrogens (tertiary/aromatic N) is 4. The topological polar surface area (TPSA) is 113 Å². The van der Waals surface area contributed by atoms with Gasteiger partial charge in [-0.25, -0.2) is 9.80 Å². The van der Waals surface area contributed by atoms with Crippen molar-refractivity contribution in [3.8, 4) is 5.88 Å². The number of hydrazone groups is 1. The molecule has 29 heavy (non-hydrogen) atoms. The Morgan fingerprint density at radius 2 is 2.03 bits per heavy atom. The molecule has 4 rings (SSSR count). The lowest BCUT2D eigenvalue weighted by Gasteiger charge is -2.19. The Bertz CT molecular complexity index is 1280. The van der Waals surface area contributed by atoms with E-state index in [4.69, 9.17) is 0 Å². The number of fused-ring (bicyclic) bond motifs is 1. The van der Waals surface area contributed by atoms with E-state index in [1.165, 1.54) is 19.0 Å². The first-order valence-corrected chi connectivity index (χ1v) is 9.31. The van der Waals surface area contributed by atoms with E-state index in [2.05, 4.69) is 14.7 Å². The minimum atomic E-state index is -0.732. The Hall–Kier alpha value is -3.62. The molecule has 0 spiro atoms. The van der Waals surface area contributed by atoms with Gasteiger partial charge in [0.15, 0.2) is 0 Å². The van der Waals surface area contributed by atoms with Gasteiger partial charge in [-0.1, -0.05) is 18.2 Å². The summed E-state index contributed by atoms with van der Waals surface area (Å²) in [4.78, 5) is 38.6. The van der Waals surface area contributed by atoms with E-state index in [0.717, 1.165) is 27.6 Å². The molecule has 2 N–H and O–H groups in total. The van der Waals surface area contributed by atoms with Crippen LogP contribution in [0.25, 0.3) is 10.9 Å². The third-order valence-electron chi connectivity index (χ3n) is 5.33. The van der Waals surface area contributed by atoms with Crippen molar-refractivity contribution < 1.29 is 9.90 Å². The molecule has 2 aromatic heterocycles. The molecule has 0 aliphatic carbocycles. The van der Waals surface area contributed by atoms with Crippen LogP contribution in [0.3, 0.4) is 0 Å². The molecule has 3 heterocycles. The Morgan fingerprint density at radius 1 is 1.31 bits per heavy atom. The number of aromatic nitrogens is 3. The summed E-state index contributed by atoms with van der Waals surface area (Å²) >= 11 is 0. The van der Waals surface area contributed by atoms with E-state index in [-0.39, 0.29) is 23.6 Å². The SMILES string of the molecule is CCn1cc([C@H]2CC(c3c(O)n(C)c(=O)[nH]c3=O)=NN2C(C)=O)c2ccccc21. The van der Waals surface area contributed by atoms with Crippen LogP contribution >= 0.6 is 0 Å². The van der Waals surface area contributed by atoms with Crippen LogP contribution in [0.4, 0.5) is 0 Å². The highest BCUT2D eigenvalue weighted by Gasteiger charge is 2.35.